The van der Waals surface area contributed by atoms with E-state index >= 15 is 0 Å². The molecule has 17 heavy (non-hydrogen) atoms. The van der Waals surface area contributed by atoms with Crippen LogP contribution < -0.4 is 20.9 Å². The van der Waals surface area contributed by atoms with E-state index < -0.39 is 0 Å². The molecule has 0 bridgehead atoms. The fraction of sp³-hybridized carbons (Fsp3) is 0.500. The molecule has 1 heterocycles. The molecule has 2 rings (SSSR count). The number of para-hydroxylation sites is 2. The predicted molar refractivity (Wildman–Crippen MR) is 69.0 cm³/mol. The third kappa shape index (κ3) is 2.88. The van der Waals surface area contributed by atoms with Crippen molar-refractivity contribution in [3.05, 3.63) is 24.3 Å². The summed E-state index contributed by atoms with van der Waals surface area (Å²) < 4.78 is 5.39. The van der Waals surface area contributed by atoms with E-state index in [1.165, 1.54) is 5.69 Å². The van der Waals surface area contributed by atoms with E-state index in [-0.39, 0.29) is 0 Å². The summed E-state index contributed by atoms with van der Waals surface area (Å²) in [5.41, 5.74) is 3.87. The number of anilines is 1. The Hall–Kier alpha value is -1.30. The monoisotopic (exact) mass is 236 g/mol. The maximum atomic E-state index is 5.39. The molecule has 1 aliphatic rings. The minimum atomic E-state index is 0.750. The first-order valence-electron chi connectivity index (χ1n) is 5.89. The summed E-state index contributed by atoms with van der Waals surface area (Å²) >= 11 is 0. The van der Waals surface area contributed by atoms with Gasteiger partial charge < -0.3 is 9.64 Å². The van der Waals surface area contributed by atoms with Gasteiger partial charge in [0.1, 0.15) is 5.75 Å². The second kappa shape index (κ2) is 5.86. The van der Waals surface area contributed by atoms with E-state index in [2.05, 4.69) is 21.3 Å². The molecule has 5 heteroatoms. The highest BCUT2D eigenvalue weighted by molar-refractivity contribution is 5.58. The molecule has 1 aromatic rings. The van der Waals surface area contributed by atoms with Crippen molar-refractivity contribution in [1.82, 2.24) is 10.3 Å². The fourth-order valence-electron chi connectivity index (χ4n) is 2.17. The number of piperazine rings is 1. The first-order chi connectivity index (χ1) is 8.35. The van der Waals surface area contributed by atoms with Gasteiger partial charge in [-0.05, 0) is 12.1 Å². The Balaban J connectivity index is 2.00. The lowest BCUT2D eigenvalue weighted by atomic mass is 10.2. The molecule has 0 unspecified atom stereocenters. The Morgan fingerprint density at radius 3 is 2.59 bits per heavy atom. The Bertz CT molecular complexity index is 350. The highest BCUT2D eigenvalue weighted by Crippen LogP contribution is 2.28. The van der Waals surface area contributed by atoms with Gasteiger partial charge in [0, 0.05) is 26.2 Å². The molecule has 0 saturated carbocycles. The Morgan fingerprint density at radius 2 is 1.94 bits per heavy atom. The van der Waals surface area contributed by atoms with Crippen LogP contribution in [-0.2, 0) is 0 Å². The number of rotatable bonds is 4. The molecule has 1 aromatic carbocycles. The molecular weight excluding hydrogens is 216 g/mol. The highest BCUT2D eigenvalue weighted by Gasteiger charge is 2.18. The maximum absolute atomic E-state index is 5.39. The van der Waals surface area contributed by atoms with Crippen LogP contribution in [0, 0.1) is 0 Å². The molecule has 0 atom stereocenters. The molecule has 1 saturated heterocycles. The first-order valence-corrected chi connectivity index (χ1v) is 5.89. The average Bonchev–Trinajstić information content (AvgIpc) is 2.40. The summed E-state index contributed by atoms with van der Waals surface area (Å²) in [6.45, 7) is 4.79. The normalized spacial score (nSPS) is 17.2. The molecule has 0 amide bonds. The summed E-state index contributed by atoms with van der Waals surface area (Å²) in [6, 6.07) is 8.15. The molecule has 0 radical (unpaired) electrons. The SMILES string of the molecule is COc1ccccc1N1CCN(CNN)CC1. The summed E-state index contributed by atoms with van der Waals surface area (Å²) in [5.74, 6) is 6.27. The Labute approximate surface area is 102 Å². The zero-order chi connectivity index (χ0) is 12.1. The van der Waals surface area contributed by atoms with Crippen LogP contribution in [-0.4, -0.2) is 44.9 Å². The molecular formula is C12H20N4O. The lowest BCUT2D eigenvalue weighted by molar-refractivity contribution is 0.239. The van der Waals surface area contributed by atoms with Crippen molar-refractivity contribution in [2.45, 2.75) is 0 Å². The lowest BCUT2D eigenvalue weighted by Crippen LogP contribution is -2.50. The van der Waals surface area contributed by atoms with Crippen molar-refractivity contribution in [2.24, 2.45) is 5.84 Å². The third-order valence-electron chi connectivity index (χ3n) is 3.11. The van der Waals surface area contributed by atoms with Crippen LogP contribution in [0.2, 0.25) is 0 Å². The smallest absolute Gasteiger partial charge is 0.142 e. The van der Waals surface area contributed by atoms with Gasteiger partial charge in [-0.3, -0.25) is 10.7 Å². The molecule has 0 aromatic heterocycles. The van der Waals surface area contributed by atoms with Crippen LogP contribution in [0.4, 0.5) is 5.69 Å². The van der Waals surface area contributed by atoms with Gasteiger partial charge in [-0.1, -0.05) is 12.1 Å². The molecule has 0 aliphatic carbocycles. The number of hydrogen-bond acceptors (Lipinski definition) is 5. The molecule has 94 valence electrons. The van der Waals surface area contributed by atoms with Crippen LogP contribution in [0.1, 0.15) is 0 Å². The van der Waals surface area contributed by atoms with Crippen molar-refractivity contribution in [1.29, 1.82) is 0 Å². The first kappa shape index (κ1) is 12.2. The van der Waals surface area contributed by atoms with E-state index in [9.17, 15) is 0 Å². The number of nitrogens with zero attached hydrogens (tertiary/aromatic N) is 2. The van der Waals surface area contributed by atoms with Crippen molar-refractivity contribution >= 4 is 5.69 Å². The summed E-state index contributed by atoms with van der Waals surface area (Å²) in [6.07, 6.45) is 0. The summed E-state index contributed by atoms with van der Waals surface area (Å²) in [4.78, 5) is 4.65. The molecule has 3 N–H and O–H groups in total. The van der Waals surface area contributed by atoms with Crippen LogP contribution in [0.5, 0.6) is 5.75 Å². The van der Waals surface area contributed by atoms with Gasteiger partial charge in [-0.2, -0.15) is 0 Å². The van der Waals surface area contributed by atoms with Gasteiger partial charge in [0.25, 0.3) is 0 Å². The van der Waals surface area contributed by atoms with Gasteiger partial charge >= 0.3 is 0 Å². The van der Waals surface area contributed by atoms with Gasteiger partial charge in [0.15, 0.2) is 0 Å². The topological polar surface area (TPSA) is 53.8 Å². The number of benzene rings is 1. The molecule has 0 spiro atoms. The molecule has 5 nitrogen and oxygen atoms in total. The molecule has 1 aliphatic heterocycles. The van der Waals surface area contributed by atoms with Crippen molar-refractivity contribution < 1.29 is 4.74 Å². The number of nitrogens with one attached hydrogen (secondary N) is 1. The molecule has 1 fully saturated rings. The van der Waals surface area contributed by atoms with Crippen LogP contribution in [0.25, 0.3) is 0 Å². The van der Waals surface area contributed by atoms with Gasteiger partial charge in [-0.25, -0.2) is 5.43 Å². The zero-order valence-electron chi connectivity index (χ0n) is 10.2. The van der Waals surface area contributed by atoms with Gasteiger partial charge in [0.2, 0.25) is 0 Å². The number of hydrogen-bond donors (Lipinski definition) is 2. The average molecular weight is 236 g/mol. The quantitative estimate of drug-likeness (QED) is 0.579. The Morgan fingerprint density at radius 1 is 1.24 bits per heavy atom. The van der Waals surface area contributed by atoms with E-state index in [4.69, 9.17) is 10.6 Å². The van der Waals surface area contributed by atoms with Gasteiger partial charge in [0.05, 0.1) is 19.5 Å². The van der Waals surface area contributed by atoms with E-state index in [1.54, 1.807) is 7.11 Å². The second-order valence-electron chi connectivity index (χ2n) is 4.14. The van der Waals surface area contributed by atoms with Crippen LogP contribution in [0.15, 0.2) is 24.3 Å². The minimum Gasteiger partial charge on any atom is -0.495 e. The number of hydrazine groups is 1. The standard InChI is InChI=1S/C12H20N4O/c1-17-12-5-3-2-4-11(12)16-8-6-15(7-9-16)10-14-13/h2-5,14H,6-10,13H2,1H3. The van der Waals surface area contributed by atoms with E-state index in [0.29, 0.717) is 0 Å². The maximum Gasteiger partial charge on any atom is 0.142 e. The largest absolute Gasteiger partial charge is 0.495 e. The van der Waals surface area contributed by atoms with Gasteiger partial charge in [-0.15, -0.1) is 0 Å². The van der Waals surface area contributed by atoms with E-state index in [0.717, 1.165) is 38.6 Å². The Kier molecular flexibility index (Phi) is 4.19. The zero-order valence-corrected chi connectivity index (χ0v) is 10.2. The highest BCUT2D eigenvalue weighted by atomic mass is 16.5. The second-order valence-corrected chi connectivity index (χ2v) is 4.14. The van der Waals surface area contributed by atoms with Crippen LogP contribution in [0.3, 0.4) is 0 Å². The number of methoxy groups -OCH3 is 1. The fourth-order valence-corrected chi connectivity index (χ4v) is 2.17. The van der Waals surface area contributed by atoms with Crippen molar-refractivity contribution in [2.75, 3.05) is 44.9 Å². The number of nitrogens with two attached hydrogens (primary N) is 1. The summed E-state index contributed by atoms with van der Waals surface area (Å²) in [5, 5.41) is 0. The van der Waals surface area contributed by atoms with E-state index in [1.807, 2.05) is 18.2 Å². The van der Waals surface area contributed by atoms with Crippen LogP contribution >= 0.6 is 0 Å². The van der Waals surface area contributed by atoms with Crippen molar-refractivity contribution in [3.63, 3.8) is 0 Å². The lowest BCUT2D eigenvalue weighted by Gasteiger charge is -2.36. The third-order valence-corrected chi connectivity index (χ3v) is 3.11. The predicted octanol–water partition coefficient (Wildman–Crippen LogP) is 0.238. The minimum absolute atomic E-state index is 0.750. The number of ether oxygens (including phenoxy) is 1. The van der Waals surface area contributed by atoms with Crippen molar-refractivity contribution in [3.8, 4) is 5.75 Å². The summed E-state index contributed by atoms with van der Waals surface area (Å²) in [7, 11) is 1.72.